The predicted octanol–water partition coefficient (Wildman–Crippen LogP) is 2.03. The highest BCUT2D eigenvalue weighted by Crippen LogP contribution is 2.36. The van der Waals surface area contributed by atoms with Gasteiger partial charge < -0.3 is 20.1 Å². The Balaban J connectivity index is 2.25. The second-order valence-electron chi connectivity index (χ2n) is 4.82. The smallest absolute Gasteiger partial charge is 0.254 e. The van der Waals surface area contributed by atoms with Crippen LogP contribution in [0.2, 0.25) is 0 Å². The molecule has 0 unspecified atom stereocenters. The number of rotatable bonds is 3. The molecule has 0 spiro atoms. The van der Waals surface area contributed by atoms with Crippen LogP contribution in [0.25, 0.3) is 0 Å². The number of piperidine rings is 1. The molecule has 5 nitrogen and oxygen atoms in total. The SMILES string of the molecule is COc1cc(C(=O)N2CCC(N)CC2)cc(OC)c1Br. The second kappa shape index (κ2) is 6.45. The summed E-state index contributed by atoms with van der Waals surface area (Å²) in [6.07, 6.45) is 1.69. The van der Waals surface area contributed by atoms with E-state index < -0.39 is 0 Å². The molecule has 110 valence electrons. The van der Waals surface area contributed by atoms with Crippen molar-refractivity contribution in [2.45, 2.75) is 18.9 Å². The number of hydrogen-bond acceptors (Lipinski definition) is 4. The van der Waals surface area contributed by atoms with Gasteiger partial charge in [0, 0.05) is 24.7 Å². The van der Waals surface area contributed by atoms with Crippen molar-refractivity contribution in [2.24, 2.45) is 5.73 Å². The first-order chi connectivity index (χ1) is 9.56. The normalized spacial score (nSPS) is 16.1. The number of halogens is 1. The van der Waals surface area contributed by atoms with E-state index in [-0.39, 0.29) is 11.9 Å². The predicted molar refractivity (Wildman–Crippen MR) is 80.4 cm³/mol. The minimum absolute atomic E-state index is 0.0130. The number of carbonyl (C=O) groups excluding carboxylic acids is 1. The number of carbonyl (C=O) groups is 1. The van der Waals surface area contributed by atoms with Crippen molar-refractivity contribution in [3.05, 3.63) is 22.2 Å². The Morgan fingerprint density at radius 2 is 1.75 bits per heavy atom. The van der Waals surface area contributed by atoms with Gasteiger partial charge in [-0.1, -0.05) is 0 Å². The summed E-state index contributed by atoms with van der Waals surface area (Å²) in [6, 6.07) is 3.65. The molecule has 0 aromatic heterocycles. The van der Waals surface area contributed by atoms with E-state index >= 15 is 0 Å². The lowest BCUT2D eigenvalue weighted by Gasteiger charge is -2.30. The van der Waals surface area contributed by atoms with Crippen LogP contribution in [0, 0.1) is 0 Å². The number of ether oxygens (including phenoxy) is 2. The van der Waals surface area contributed by atoms with E-state index in [0.717, 1.165) is 12.8 Å². The Bertz CT molecular complexity index is 474. The largest absolute Gasteiger partial charge is 0.495 e. The molecule has 6 heteroatoms. The maximum atomic E-state index is 12.5. The molecule has 1 aliphatic rings. The molecule has 1 saturated heterocycles. The van der Waals surface area contributed by atoms with Crippen LogP contribution in [0.4, 0.5) is 0 Å². The highest BCUT2D eigenvalue weighted by atomic mass is 79.9. The van der Waals surface area contributed by atoms with Gasteiger partial charge in [0.05, 0.1) is 14.2 Å². The minimum Gasteiger partial charge on any atom is -0.495 e. The number of hydrogen-bond donors (Lipinski definition) is 1. The summed E-state index contributed by atoms with van der Waals surface area (Å²) in [5, 5.41) is 0. The average molecular weight is 343 g/mol. The number of nitrogens with two attached hydrogens (primary N) is 1. The highest BCUT2D eigenvalue weighted by Gasteiger charge is 2.23. The first kappa shape index (κ1) is 15.1. The van der Waals surface area contributed by atoms with Gasteiger partial charge in [-0.2, -0.15) is 0 Å². The van der Waals surface area contributed by atoms with Crippen LogP contribution in [0.3, 0.4) is 0 Å². The van der Waals surface area contributed by atoms with E-state index in [2.05, 4.69) is 15.9 Å². The van der Waals surface area contributed by atoms with E-state index in [4.69, 9.17) is 15.2 Å². The molecule has 1 amide bonds. The van der Waals surface area contributed by atoms with Gasteiger partial charge in [-0.15, -0.1) is 0 Å². The Morgan fingerprint density at radius 1 is 1.25 bits per heavy atom. The molecule has 0 aliphatic carbocycles. The molecule has 20 heavy (non-hydrogen) atoms. The molecule has 1 heterocycles. The summed E-state index contributed by atoms with van der Waals surface area (Å²) in [7, 11) is 3.13. The number of methoxy groups -OCH3 is 2. The number of nitrogens with zero attached hydrogens (tertiary/aromatic N) is 1. The Hall–Kier alpha value is -1.27. The van der Waals surface area contributed by atoms with E-state index in [0.29, 0.717) is 34.6 Å². The van der Waals surface area contributed by atoms with Crippen molar-refractivity contribution in [1.29, 1.82) is 0 Å². The van der Waals surface area contributed by atoms with Gasteiger partial charge in [-0.3, -0.25) is 4.79 Å². The molecule has 0 saturated carbocycles. The van der Waals surface area contributed by atoms with Gasteiger partial charge in [0.1, 0.15) is 16.0 Å². The van der Waals surface area contributed by atoms with Crippen LogP contribution in [0.5, 0.6) is 11.5 Å². The van der Waals surface area contributed by atoms with Gasteiger partial charge in [-0.25, -0.2) is 0 Å². The molecule has 0 bridgehead atoms. The van der Waals surface area contributed by atoms with Gasteiger partial charge in [0.2, 0.25) is 0 Å². The topological polar surface area (TPSA) is 64.8 Å². The Labute approximate surface area is 127 Å². The molecule has 1 aromatic rings. The summed E-state index contributed by atoms with van der Waals surface area (Å²) in [4.78, 5) is 14.3. The lowest BCUT2D eigenvalue weighted by molar-refractivity contribution is 0.0714. The standard InChI is InChI=1S/C14H19BrN2O3/c1-19-11-7-9(8-12(20-2)13(11)15)14(18)17-5-3-10(16)4-6-17/h7-8,10H,3-6,16H2,1-2H3. The lowest BCUT2D eigenvalue weighted by atomic mass is 10.0. The molecule has 1 fully saturated rings. The maximum Gasteiger partial charge on any atom is 0.254 e. The van der Waals surface area contributed by atoms with Gasteiger partial charge in [0.15, 0.2) is 0 Å². The van der Waals surface area contributed by atoms with E-state index in [1.807, 2.05) is 4.90 Å². The quantitative estimate of drug-likeness (QED) is 0.912. The zero-order valence-electron chi connectivity index (χ0n) is 11.7. The maximum absolute atomic E-state index is 12.5. The number of likely N-dealkylation sites (tertiary alicyclic amines) is 1. The monoisotopic (exact) mass is 342 g/mol. The van der Waals surface area contributed by atoms with Crippen molar-refractivity contribution in [3.8, 4) is 11.5 Å². The fraction of sp³-hybridized carbons (Fsp3) is 0.500. The molecule has 2 N–H and O–H groups in total. The Morgan fingerprint density at radius 3 is 2.20 bits per heavy atom. The summed E-state index contributed by atoms with van der Waals surface area (Å²) in [5.74, 6) is 1.16. The molecular formula is C14H19BrN2O3. The van der Waals surface area contributed by atoms with Crippen LogP contribution in [0.15, 0.2) is 16.6 Å². The molecule has 0 radical (unpaired) electrons. The van der Waals surface area contributed by atoms with Crippen molar-refractivity contribution in [1.82, 2.24) is 4.90 Å². The zero-order valence-corrected chi connectivity index (χ0v) is 13.3. The van der Waals surface area contributed by atoms with Crippen molar-refractivity contribution in [2.75, 3.05) is 27.3 Å². The van der Waals surface area contributed by atoms with Crippen molar-refractivity contribution >= 4 is 21.8 Å². The fourth-order valence-corrected chi connectivity index (χ4v) is 2.83. The third-order valence-electron chi connectivity index (χ3n) is 3.52. The molecular weight excluding hydrogens is 324 g/mol. The third-order valence-corrected chi connectivity index (χ3v) is 4.30. The van der Waals surface area contributed by atoms with E-state index in [1.165, 1.54) is 0 Å². The van der Waals surface area contributed by atoms with Crippen LogP contribution >= 0.6 is 15.9 Å². The molecule has 1 aromatic carbocycles. The van der Waals surface area contributed by atoms with Crippen LogP contribution in [-0.2, 0) is 0 Å². The van der Waals surface area contributed by atoms with Crippen molar-refractivity contribution < 1.29 is 14.3 Å². The average Bonchev–Trinajstić information content (AvgIpc) is 2.47. The zero-order chi connectivity index (χ0) is 14.7. The summed E-state index contributed by atoms with van der Waals surface area (Å²) in [5.41, 5.74) is 6.43. The van der Waals surface area contributed by atoms with E-state index in [9.17, 15) is 4.79 Å². The van der Waals surface area contributed by atoms with Gasteiger partial charge in [-0.05, 0) is 40.9 Å². The first-order valence-electron chi connectivity index (χ1n) is 6.53. The number of benzene rings is 1. The second-order valence-corrected chi connectivity index (χ2v) is 5.62. The summed E-state index contributed by atoms with van der Waals surface area (Å²) >= 11 is 3.40. The highest BCUT2D eigenvalue weighted by molar-refractivity contribution is 9.10. The van der Waals surface area contributed by atoms with Crippen LogP contribution in [-0.4, -0.2) is 44.2 Å². The lowest BCUT2D eigenvalue weighted by Crippen LogP contribution is -2.42. The minimum atomic E-state index is -0.0130. The van der Waals surface area contributed by atoms with Gasteiger partial charge in [0.25, 0.3) is 5.91 Å². The van der Waals surface area contributed by atoms with E-state index in [1.54, 1.807) is 26.4 Å². The third kappa shape index (κ3) is 3.07. The van der Waals surface area contributed by atoms with Crippen LogP contribution in [0.1, 0.15) is 23.2 Å². The Kier molecular flexibility index (Phi) is 4.88. The summed E-state index contributed by atoms with van der Waals surface area (Å²) in [6.45, 7) is 1.39. The number of amides is 1. The summed E-state index contributed by atoms with van der Waals surface area (Å²) < 4.78 is 11.2. The fourth-order valence-electron chi connectivity index (χ4n) is 2.28. The molecule has 1 aliphatic heterocycles. The van der Waals surface area contributed by atoms with Gasteiger partial charge >= 0.3 is 0 Å². The first-order valence-corrected chi connectivity index (χ1v) is 7.32. The van der Waals surface area contributed by atoms with Crippen molar-refractivity contribution in [3.63, 3.8) is 0 Å². The molecule has 0 atom stereocenters. The van der Waals surface area contributed by atoms with Crippen LogP contribution < -0.4 is 15.2 Å². The molecule has 2 rings (SSSR count).